The number of aromatic amines is 1. The number of carbonyl (C=O) groups is 1. The van der Waals surface area contributed by atoms with Crippen LogP contribution in [-0.4, -0.2) is 23.0 Å². The van der Waals surface area contributed by atoms with Crippen molar-refractivity contribution in [3.8, 4) is 11.1 Å². The van der Waals surface area contributed by atoms with Crippen molar-refractivity contribution in [2.75, 3.05) is 6.61 Å². The first-order chi connectivity index (χ1) is 9.86. The normalized spacial score (nSPS) is 10.6. The highest BCUT2D eigenvalue weighted by Gasteiger charge is 2.04. The minimum atomic E-state index is 0.395. The predicted octanol–water partition coefficient (Wildman–Crippen LogP) is 2.95. The molecule has 2 aromatic heterocycles. The highest BCUT2D eigenvalue weighted by Crippen LogP contribution is 2.24. The van der Waals surface area contributed by atoms with Crippen molar-refractivity contribution in [3.63, 3.8) is 0 Å². The smallest absolute Gasteiger partial charge is 0.293 e. The van der Waals surface area contributed by atoms with E-state index in [2.05, 4.69) is 34.2 Å². The van der Waals surface area contributed by atoms with Crippen LogP contribution < -0.4 is 0 Å². The van der Waals surface area contributed by atoms with E-state index in [4.69, 9.17) is 4.74 Å². The van der Waals surface area contributed by atoms with Gasteiger partial charge in [0.15, 0.2) is 0 Å². The van der Waals surface area contributed by atoms with E-state index in [0.29, 0.717) is 19.5 Å². The SMILES string of the molecule is O=COCCc1cc2cc(-c3cccnc3)ccc2[nH]1. The van der Waals surface area contributed by atoms with Gasteiger partial charge in [-0.15, -0.1) is 0 Å². The van der Waals surface area contributed by atoms with Gasteiger partial charge >= 0.3 is 0 Å². The number of fused-ring (bicyclic) bond motifs is 1. The van der Waals surface area contributed by atoms with Crippen molar-refractivity contribution < 1.29 is 9.53 Å². The second-order valence-corrected chi connectivity index (χ2v) is 4.56. The standard InChI is InChI=1S/C16H14N2O2/c19-11-20-7-5-15-9-14-8-12(3-4-16(14)18-15)13-2-1-6-17-10-13/h1-4,6,8-11,18H,5,7H2. The number of nitrogens with zero attached hydrogens (tertiary/aromatic N) is 1. The summed E-state index contributed by atoms with van der Waals surface area (Å²) in [5, 5.41) is 1.15. The lowest BCUT2D eigenvalue weighted by Crippen LogP contribution is -1.96. The van der Waals surface area contributed by atoms with Crippen LogP contribution in [0.4, 0.5) is 0 Å². The van der Waals surface area contributed by atoms with Gasteiger partial charge in [-0.25, -0.2) is 0 Å². The number of ether oxygens (including phenoxy) is 1. The highest BCUT2D eigenvalue weighted by molar-refractivity contribution is 5.85. The molecule has 1 aromatic carbocycles. The van der Waals surface area contributed by atoms with Crippen LogP contribution in [0.25, 0.3) is 22.0 Å². The van der Waals surface area contributed by atoms with Gasteiger partial charge in [-0.05, 0) is 29.8 Å². The van der Waals surface area contributed by atoms with Crippen molar-refractivity contribution in [3.05, 3.63) is 54.5 Å². The fourth-order valence-corrected chi connectivity index (χ4v) is 2.26. The third-order valence-corrected chi connectivity index (χ3v) is 3.23. The number of carbonyl (C=O) groups excluding carboxylic acids is 1. The van der Waals surface area contributed by atoms with Crippen LogP contribution in [0, 0.1) is 0 Å². The molecule has 0 aliphatic carbocycles. The van der Waals surface area contributed by atoms with Gasteiger partial charge in [0, 0.05) is 41.0 Å². The average molecular weight is 266 g/mol. The molecule has 0 spiro atoms. The molecule has 0 atom stereocenters. The first-order valence-electron chi connectivity index (χ1n) is 6.44. The van der Waals surface area contributed by atoms with Crippen molar-refractivity contribution in [1.82, 2.24) is 9.97 Å². The minimum absolute atomic E-state index is 0.395. The second-order valence-electron chi connectivity index (χ2n) is 4.56. The largest absolute Gasteiger partial charge is 0.467 e. The average Bonchev–Trinajstić information content (AvgIpc) is 2.90. The van der Waals surface area contributed by atoms with Gasteiger partial charge in [-0.1, -0.05) is 12.1 Å². The Morgan fingerprint density at radius 3 is 2.95 bits per heavy atom. The summed E-state index contributed by atoms with van der Waals surface area (Å²) >= 11 is 0. The van der Waals surface area contributed by atoms with Crippen LogP contribution in [0.15, 0.2) is 48.8 Å². The van der Waals surface area contributed by atoms with Crippen LogP contribution >= 0.6 is 0 Å². The number of pyridine rings is 1. The molecule has 0 aliphatic heterocycles. The van der Waals surface area contributed by atoms with E-state index in [9.17, 15) is 4.79 Å². The number of rotatable bonds is 5. The summed E-state index contributed by atoms with van der Waals surface area (Å²) in [5.74, 6) is 0. The lowest BCUT2D eigenvalue weighted by atomic mass is 10.1. The van der Waals surface area contributed by atoms with Crippen molar-refractivity contribution in [2.45, 2.75) is 6.42 Å². The lowest BCUT2D eigenvalue weighted by molar-refractivity contribution is -0.128. The zero-order valence-corrected chi connectivity index (χ0v) is 10.9. The molecule has 0 saturated heterocycles. The molecule has 0 aliphatic rings. The van der Waals surface area contributed by atoms with Gasteiger partial charge < -0.3 is 9.72 Å². The van der Waals surface area contributed by atoms with Gasteiger partial charge in [-0.2, -0.15) is 0 Å². The predicted molar refractivity (Wildman–Crippen MR) is 77.2 cm³/mol. The van der Waals surface area contributed by atoms with E-state index in [1.54, 1.807) is 6.20 Å². The Labute approximate surface area is 116 Å². The van der Waals surface area contributed by atoms with E-state index in [-0.39, 0.29) is 0 Å². The van der Waals surface area contributed by atoms with Gasteiger partial charge in [0.2, 0.25) is 0 Å². The number of H-pyrrole nitrogens is 1. The quantitative estimate of drug-likeness (QED) is 0.570. The molecule has 2 heterocycles. The van der Waals surface area contributed by atoms with Gasteiger partial charge in [0.05, 0.1) is 6.61 Å². The van der Waals surface area contributed by atoms with Gasteiger partial charge in [0.25, 0.3) is 6.47 Å². The van der Waals surface area contributed by atoms with Crippen molar-refractivity contribution in [1.29, 1.82) is 0 Å². The summed E-state index contributed by atoms with van der Waals surface area (Å²) < 4.78 is 4.72. The van der Waals surface area contributed by atoms with E-state index in [1.165, 1.54) is 0 Å². The van der Waals surface area contributed by atoms with Crippen LogP contribution in [0.3, 0.4) is 0 Å². The zero-order chi connectivity index (χ0) is 13.8. The third-order valence-electron chi connectivity index (χ3n) is 3.23. The molecule has 4 nitrogen and oxygen atoms in total. The summed E-state index contributed by atoms with van der Waals surface area (Å²) in [5.41, 5.74) is 4.38. The summed E-state index contributed by atoms with van der Waals surface area (Å²) in [7, 11) is 0. The van der Waals surface area contributed by atoms with Gasteiger partial charge in [0.1, 0.15) is 0 Å². The number of hydrogen-bond acceptors (Lipinski definition) is 3. The van der Waals surface area contributed by atoms with Crippen LogP contribution in [-0.2, 0) is 16.0 Å². The van der Waals surface area contributed by atoms with E-state index in [0.717, 1.165) is 27.7 Å². The molecule has 4 heteroatoms. The monoisotopic (exact) mass is 266 g/mol. The Kier molecular flexibility index (Phi) is 3.46. The fraction of sp³-hybridized carbons (Fsp3) is 0.125. The summed E-state index contributed by atoms with van der Waals surface area (Å²) in [6.45, 7) is 0.870. The Morgan fingerprint density at radius 1 is 1.20 bits per heavy atom. The molecule has 3 aromatic rings. The molecule has 0 unspecified atom stereocenters. The zero-order valence-electron chi connectivity index (χ0n) is 10.9. The molecule has 0 saturated carbocycles. The second kappa shape index (κ2) is 5.57. The Hall–Kier alpha value is -2.62. The minimum Gasteiger partial charge on any atom is -0.467 e. The highest BCUT2D eigenvalue weighted by atomic mass is 16.5. The first-order valence-corrected chi connectivity index (χ1v) is 6.44. The Balaban J connectivity index is 1.89. The van der Waals surface area contributed by atoms with Crippen molar-refractivity contribution >= 4 is 17.4 Å². The van der Waals surface area contributed by atoms with E-state index >= 15 is 0 Å². The molecule has 1 N–H and O–H groups in total. The van der Waals surface area contributed by atoms with Gasteiger partial charge in [-0.3, -0.25) is 9.78 Å². The molecule has 0 amide bonds. The van der Waals surface area contributed by atoms with Crippen LogP contribution in [0.2, 0.25) is 0 Å². The van der Waals surface area contributed by atoms with Crippen molar-refractivity contribution in [2.24, 2.45) is 0 Å². The summed E-state index contributed by atoms with van der Waals surface area (Å²) in [4.78, 5) is 17.6. The number of benzene rings is 1. The molecule has 3 rings (SSSR count). The summed E-state index contributed by atoms with van der Waals surface area (Å²) in [6, 6.07) is 12.3. The first kappa shape index (κ1) is 12.4. The van der Waals surface area contributed by atoms with E-state index in [1.807, 2.05) is 18.3 Å². The third kappa shape index (κ3) is 2.54. The molecular formula is C16H14N2O2. The maximum absolute atomic E-state index is 10.1. The molecular weight excluding hydrogens is 252 g/mol. The maximum atomic E-state index is 10.1. The molecule has 0 fully saturated rings. The van der Waals surface area contributed by atoms with Crippen LogP contribution in [0.1, 0.15) is 5.69 Å². The maximum Gasteiger partial charge on any atom is 0.293 e. The number of hydrogen-bond donors (Lipinski definition) is 1. The topological polar surface area (TPSA) is 55.0 Å². The molecule has 100 valence electrons. The Bertz CT molecular complexity index is 720. The van der Waals surface area contributed by atoms with E-state index < -0.39 is 0 Å². The van der Waals surface area contributed by atoms with Crippen LogP contribution in [0.5, 0.6) is 0 Å². The number of nitrogens with one attached hydrogen (secondary N) is 1. The fourth-order valence-electron chi connectivity index (χ4n) is 2.26. The molecule has 0 bridgehead atoms. The lowest BCUT2D eigenvalue weighted by Gasteiger charge is -2.00. The Morgan fingerprint density at radius 2 is 2.15 bits per heavy atom. The summed E-state index contributed by atoms with van der Waals surface area (Å²) in [6.07, 6.45) is 4.31. The number of aromatic nitrogens is 2. The molecule has 0 radical (unpaired) electrons. The molecule has 20 heavy (non-hydrogen) atoms.